The lowest BCUT2D eigenvalue weighted by molar-refractivity contribution is -0.132. The summed E-state index contributed by atoms with van der Waals surface area (Å²) in [6, 6.07) is 10.5. The number of halogens is 2. The number of carbonyl (C=O) groups excluding carboxylic acids is 2. The van der Waals surface area contributed by atoms with Crippen LogP contribution in [-0.4, -0.2) is 79.2 Å². The predicted molar refractivity (Wildman–Crippen MR) is 167 cm³/mol. The quantitative estimate of drug-likeness (QED) is 0.189. The van der Waals surface area contributed by atoms with Gasteiger partial charge in [-0.15, -0.1) is 0 Å². The van der Waals surface area contributed by atoms with Crippen LogP contribution >= 0.6 is 0 Å². The minimum Gasteiger partial charge on any atom is -0.491 e. The monoisotopic (exact) mass is 640 g/mol. The third-order valence-electron chi connectivity index (χ3n) is 9.31. The molecule has 11 heteroatoms. The molecule has 46 heavy (non-hydrogen) atoms. The van der Waals surface area contributed by atoms with E-state index in [0.29, 0.717) is 69.2 Å². The number of carbonyl (C=O) groups is 2. The summed E-state index contributed by atoms with van der Waals surface area (Å²) in [6.45, 7) is 10.1. The fourth-order valence-electron chi connectivity index (χ4n) is 6.66. The maximum absolute atomic E-state index is 14.7. The molecule has 2 atom stereocenters. The number of nitrogens with zero attached hydrogens (tertiary/aromatic N) is 2. The van der Waals surface area contributed by atoms with E-state index in [2.05, 4.69) is 4.90 Å². The first-order valence-electron chi connectivity index (χ1n) is 15.8. The molecule has 6 rings (SSSR count). The Labute approximate surface area is 267 Å². The fraction of sp³-hybridized carbons (Fsp3) is 0.543. The number of aryl methyl sites for hydroxylation is 1. The summed E-state index contributed by atoms with van der Waals surface area (Å²) >= 11 is 0. The van der Waals surface area contributed by atoms with Crippen molar-refractivity contribution in [3.63, 3.8) is 0 Å². The van der Waals surface area contributed by atoms with Crippen LogP contribution in [0.1, 0.15) is 73.1 Å². The molecule has 0 N–H and O–H groups in total. The molecule has 1 saturated carbocycles. The molecule has 1 aliphatic carbocycles. The number of hydrogen-bond donors (Lipinski definition) is 0. The first-order valence-corrected chi connectivity index (χ1v) is 15.8. The van der Waals surface area contributed by atoms with Crippen molar-refractivity contribution in [3.05, 3.63) is 64.8 Å². The number of likely N-dealkylation sites (tertiary alicyclic amines) is 1. The van der Waals surface area contributed by atoms with Gasteiger partial charge in [-0.1, -0.05) is 12.1 Å². The Morgan fingerprint density at radius 3 is 2.41 bits per heavy atom. The average Bonchev–Trinajstić information content (AvgIpc) is 3.27. The van der Waals surface area contributed by atoms with Crippen molar-refractivity contribution in [1.82, 2.24) is 9.47 Å². The van der Waals surface area contributed by atoms with Crippen molar-refractivity contribution >= 4 is 23.0 Å². The van der Waals surface area contributed by atoms with Gasteiger partial charge in [-0.05, 0) is 82.5 Å². The highest BCUT2D eigenvalue weighted by molar-refractivity contribution is 5.95. The standard InChI is InChI=1S/C35H42F2N2O7/c1-22-16-29(45-15-14-44-25-19-43-20-25)27(26-10-12-39(30(22)26)32(41)46-33(2,3)4)18-38-13-11-34(21-35(34,36)37)17-28(38)23-6-8-24(9-7-23)31(40)42-5/h6-10,12,16,25,28H,11,13-15,17-21H2,1-5H3/t28-,34?/m0/s1. The molecule has 1 spiro atoms. The van der Waals surface area contributed by atoms with Gasteiger partial charge in [0.25, 0.3) is 5.92 Å². The molecular formula is C35H42F2N2O7. The molecule has 3 aromatic rings. The van der Waals surface area contributed by atoms with E-state index in [-0.39, 0.29) is 18.6 Å². The van der Waals surface area contributed by atoms with Crippen LogP contribution in [0.15, 0.2) is 42.6 Å². The van der Waals surface area contributed by atoms with E-state index >= 15 is 0 Å². The zero-order valence-corrected chi connectivity index (χ0v) is 27.1. The zero-order chi connectivity index (χ0) is 32.9. The number of esters is 1. The van der Waals surface area contributed by atoms with Gasteiger partial charge >= 0.3 is 12.1 Å². The Bertz CT molecular complexity index is 1610. The second kappa shape index (κ2) is 12.2. The second-order valence-corrected chi connectivity index (χ2v) is 13.7. The first-order chi connectivity index (χ1) is 21.8. The normalized spacial score (nSPS) is 22.9. The molecule has 3 aliphatic rings. The lowest BCUT2D eigenvalue weighted by atomic mass is 9.83. The van der Waals surface area contributed by atoms with Gasteiger partial charge in [0.2, 0.25) is 0 Å². The molecular weight excluding hydrogens is 598 g/mol. The van der Waals surface area contributed by atoms with Gasteiger partial charge in [-0.3, -0.25) is 9.47 Å². The zero-order valence-electron chi connectivity index (χ0n) is 27.1. The summed E-state index contributed by atoms with van der Waals surface area (Å²) in [4.78, 5) is 27.5. The molecule has 0 amide bonds. The topological polar surface area (TPSA) is 88.5 Å². The van der Waals surface area contributed by atoms with Crippen LogP contribution in [0, 0.1) is 12.3 Å². The van der Waals surface area contributed by atoms with Crippen LogP contribution in [0.3, 0.4) is 0 Å². The summed E-state index contributed by atoms with van der Waals surface area (Å²) in [5.74, 6) is -2.49. The van der Waals surface area contributed by atoms with Crippen LogP contribution in [0.25, 0.3) is 10.9 Å². The van der Waals surface area contributed by atoms with Crippen molar-refractivity contribution in [2.24, 2.45) is 5.41 Å². The van der Waals surface area contributed by atoms with Gasteiger partial charge < -0.3 is 23.7 Å². The number of alkyl halides is 2. The SMILES string of the molecule is COC(=O)c1ccc([C@@H]2CC3(CCN2Cc2c(OCCOC4COC4)cc(C)c4c2ccn4C(=O)OC(C)(C)C)CC3(F)F)cc1. The lowest BCUT2D eigenvalue weighted by Gasteiger charge is -2.40. The first kappa shape index (κ1) is 32.4. The highest BCUT2D eigenvalue weighted by atomic mass is 19.3. The van der Waals surface area contributed by atoms with E-state index in [0.717, 1.165) is 22.1 Å². The molecule has 0 bridgehead atoms. The third kappa shape index (κ3) is 6.37. The Morgan fingerprint density at radius 1 is 1.09 bits per heavy atom. The molecule has 248 valence electrons. The van der Waals surface area contributed by atoms with Crippen LogP contribution in [-0.2, 0) is 25.5 Å². The number of aromatic nitrogens is 1. The minimum absolute atomic E-state index is 0.0719. The summed E-state index contributed by atoms with van der Waals surface area (Å²) in [7, 11) is 1.32. The lowest BCUT2D eigenvalue weighted by Crippen LogP contribution is -2.39. The molecule has 3 heterocycles. The number of methoxy groups -OCH3 is 1. The van der Waals surface area contributed by atoms with Crippen molar-refractivity contribution < 1.29 is 42.1 Å². The Kier molecular flexibility index (Phi) is 8.62. The number of benzene rings is 2. The number of hydrogen-bond acceptors (Lipinski definition) is 8. The van der Waals surface area contributed by atoms with Crippen LogP contribution < -0.4 is 4.74 Å². The van der Waals surface area contributed by atoms with Crippen LogP contribution in [0.5, 0.6) is 5.75 Å². The van der Waals surface area contributed by atoms with E-state index < -0.39 is 29.0 Å². The fourth-order valence-corrected chi connectivity index (χ4v) is 6.66. The third-order valence-corrected chi connectivity index (χ3v) is 9.31. The second-order valence-electron chi connectivity index (χ2n) is 13.7. The van der Waals surface area contributed by atoms with E-state index in [1.165, 1.54) is 11.7 Å². The molecule has 1 aromatic heterocycles. The van der Waals surface area contributed by atoms with Crippen LogP contribution in [0.2, 0.25) is 0 Å². The van der Waals surface area contributed by atoms with Crippen molar-refractivity contribution in [2.45, 2.75) is 77.2 Å². The molecule has 0 radical (unpaired) electrons. The van der Waals surface area contributed by atoms with E-state index in [9.17, 15) is 18.4 Å². The molecule has 1 unspecified atom stereocenters. The van der Waals surface area contributed by atoms with Crippen LogP contribution in [0.4, 0.5) is 13.6 Å². The van der Waals surface area contributed by atoms with Gasteiger partial charge in [0, 0.05) is 41.6 Å². The molecule has 2 saturated heterocycles. The molecule has 9 nitrogen and oxygen atoms in total. The highest BCUT2D eigenvalue weighted by Crippen LogP contribution is 2.68. The van der Waals surface area contributed by atoms with Crippen molar-refractivity contribution in [3.8, 4) is 5.75 Å². The maximum Gasteiger partial charge on any atom is 0.419 e. The smallest absolute Gasteiger partial charge is 0.419 e. The van der Waals surface area contributed by atoms with Gasteiger partial charge in [0.15, 0.2) is 0 Å². The number of fused-ring (bicyclic) bond motifs is 1. The van der Waals surface area contributed by atoms with Gasteiger partial charge in [0.1, 0.15) is 24.1 Å². The minimum atomic E-state index is -2.69. The van der Waals surface area contributed by atoms with E-state index in [1.54, 1.807) is 18.3 Å². The number of piperidine rings is 1. The van der Waals surface area contributed by atoms with Gasteiger partial charge in [-0.25, -0.2) is 18.4 Å². The molecule has 2 aromatic carbocycles. The van der Waals surface area contributed by atoms with Gasteiger partial charge in [0.05, 0.1) is 38.0 Å². The number of rotatable bonds is 9. The van der Waals surface area contributed by atoms with Crippen molar-refractivity contribution in [2.75, 3.05) is 40.1 Å². The Morgan fingerprint density at radius 2 is 1.80 bits per heavy atom. The van der Waals surface area contributed by atoms with Gasteiger partial charge in [-0.2, -0.15) is 0 Å². The van der Waals surface area contributed by atoms with E-state index in [4.69, 9.17) is 23.7 Å². The largest absolute Gasteiger partial charge is 0.491 e. The molecule has 2 aliphatic heterocycles. The maximum atomic E-state index is 14.7. The van der Waals surface area contributed by atoms with E-state index in [1.807, 2.05) is 52.0 Å². The Hall–Kier alpha value is -3.54. The highest BCUT2D eigenvalue weighted by Gasteiger charge is 2.71. The summed E-state index contributed by atoms with van der Waals surface area (Å²) in [5, 5.41) is 0.825. The predicted octanol–water partition coefficient (Wildman–Crippen LogP) is 6.68. The van der Waals surface area contributed by atoms with Crippen molar-refractivity contribution in [1.29, 1.82) is 0 Å². The molecule has 3 fully saturated rings. The summed E-state index contributed by atoms with van der Waals surface area (Å²) in [6.07, 6.45) is 1.84. The number of ether oxygens (including phenoxy) is 5. The summed E-state index contributed by atoms with van der Waals surface area (Å²) < 4.78 is 58.9. The summed E-state index contributed by atoms with van der Waals surface area (Å²) in [5.41, 5.74) is 1.94. The Balaban J connectivity index is 1.35. The average molecular weight is 641 g/mol.